The Hall–Kier alpha value is -2.34. The monoisotopic (exact) mass is 369 g/mol. The van der Waals surface area contributed by atoms with Crippen LogP contribution in [0.5, 0.6) is 5.75 Å². The topological polar surface area (TPSA) is 64.3 Å². The van der Waals surface area contributed by atoms with Crippen molar-refractivity contribution in [3.63, 3.8) is 0 Å². The fourth-order valence-electron chi connectivity index (χ4n) is 4.38. The van der Waals surface area contributed by atoms with Gasteiger partial charge in [-0.05, 0) is 43.9 Å². The van der Waals surface area contributed by atoms with Gasteiger partial charge in [-0.3, -0.25) is 9.36 Å². The quantitative estimate of drug-likeness (QED) is 0.700. The number of methoxy groups -OCH3 is 1. The van der Waals surface area contributed by atoms with Crippen LogP contribution in [0.1, 0.15) is 38.5 Å². The third kappa shape index (κ3) is 3.58. The summed E-state index contributed by atoms with van der Waals surface area (Å²) >= 11 is 0. The van der Waals surface area contributed by atoms with Crippen molar-refractivity contribution in [1.82, 2.24) is 14.5 Å². The molecule has 2 heterocycles. The molecule has 1 aliphatic carbocycles. The molecule has 0 aliphatic heterocycles. The highest BCUT2D eigenvalue weighted by Crippen LogP contribution is 2.25. The molecular formula is C21H29N4O2+. The van der Waals surface area contributed by atoms with Crippen LogP contribution in [0.15, 0.2) is 29.3 Å². The highest BCUT2D eigenvalue weighted by molar-refractivity contribution is 6.04. The first kappa shape index (κ1) is 18.0. The van der Waals surface area contributed by atoms with Crippen molar-refractivity contribution in [2.45, 2.75) is 51.1 Å². The third-order valence-electron chi connectivity index (χ3n) is 6.05. The van der Waals surface area contributed by atoms with Crippen molar-refractivity contribution in [3.05, 3.63) is 34.9 Å². The van der Waals surface area contributed by atoms with Crippen molar-refractivity contribution in [3.8, 4) is 5.75 Å². The Morgan fingerprint density at radius 1 is 1.30 bits per heavy atom. The van der Waals surface area contributed by atoms with E-state index in [2.05, 4.69) is 17.0 Å². The van der Waals surface area contributed by atoms with E-state index in [1.165, 1.54) is 32.1 Å². The van der Waals surface area contributed by atoms with Crippen LogP contribution in [0, 0.1) is 0 Å². The van der Waals surface area contributed by atoms with E-state index >= 15 is 0 Å². The molecule has 1 saturated carbocycles. The molecule has 1 aromatic carbocycles. The van der Waals surface area contributed by atoms with E-state index in [1.807, 2.05) is 18.2 Å². The second-order valence-corrected chi connectivity index (χ2v) is 7.79. The Kier molecular flexibility index (Phi) is 5.16. The average Bonchev–Trinajstić information content (AvgIpc) is 3.09. The van der Waals surface area contributed by atoms with Crippen molar-refractivity contribution in [2.75, 3.05) is 20.7 Å². The van der Waals surface area contributed by atoms with Crippen LogP contribution >= 0.6 is 0 Å². The van der Waals surface area contributed by atoms with Gasteiger partial charge in [-0.15, -0.1) is 0 Å². The lowest BCUT2D eigenvalue weighted by Gasteiger charge is -2.28. The van der Waals surface area contributed by atoms with Gasteiger partial charge in [-0.2, -0.15) is 0 Å². The van der Waals surface area contributed by atoms with Gasteiger partial charge in [0.2, 0.25) is 0 Å². The van der Waals surface area contributed by atoms with Crippen LogP contribution in [-0.2, 0) is 6.54 Å². The minimum atomic E-state index is 0.00508. The number of quaternary nitrogens is 1. The molecule has 1 fully saturated rings. The summed E-state index contributed by atoms with van der Waals surface area (Å²) < 4.78 is 7.03. The summed E-state index contributed by atoms with van der Waals surface area (Å²) in [5, 5.41) is 0.926. The summed E-state index contributed by atoms with van der Waals surface area (Å²) in [6.45, 7) is 1.81. The maximum atomic E-state index is 12.9. The maximum absolute atomic E-state index is 12.9. The minimum absolute atomic E-state index is 0.00508. The van der Waals surface area contributed by atoms with Crippen molar-refractivity contribution >= 4 is 21.9 Å². The van der Waals surface area contributed by atoms with Gasteiger partial charge < -0.3 is 14.6 Å². The molecule has 4 rings (SSSR count). The highest BCUT2D eigenvalue weighted by Gasteiger charge is 2.21. The summed E-state index contributed by atoms with van der Waals surface area (Å²) in [6.07, 6.45) is 9.49. The number of nitrogens with zero attached hydrogens (tertiary/aromatic N) is 2. The molecule has 144 valence electrons. The summed E-state index contributed by atoms with van der Waals surface area (Å²) in [7, 11) is 3.94. The van der Waals surface area contributed by atoms with Gasteiger partial charge in [0, 0.05) is 23.9 Å². The summed E-state index contributed by atoms with van der Waals surface area (Å²) in [5.41, 5.74) is 2.21. The Morgan fingerprint density at radius 3 is 2.89 bits per heavy atom. The van der Waals surface area contributed by atoms with Gasteiger partial charge in [-0.25, -0.2) is 4.98 Å². The number of ether oxygens (including phenoxy) is 1. The van der Waals surface area contributed by atoms with Gasteiger partial charge >= 0.3 is 0 Å². The molecule has 6 nitrogen and oxygen atoms in total. The second kappa shape index (κ2) is 7.72. The number of aromatic nitrogens is 3. The number of rotatable bonds is 6. The zero-order chi connectivity index (χ0) is 18.8. The largest absolute Gasteiger partial charge is 0.497 e. The van der Waals surface area contributed by atoms with E-state index < -0.39 is 0 Å². The number of fused-ring (bicyclic) bond motifs is 3. The first-order valence-corrected chi connectivity index (χ1v) is 10.0. The molecule has 2 aromatic heterocycles. The molecule has 0 saturated heterocycles. The van der Waals surface area contributed by atoms with Crippen molar-refractivity contribution < 1.29 is 9.64 Å². The zero-order valence-corrected chi connectivity index (χ0v) is 16.3. The Labute approximate surface area is 159 Å². The van der Waals surface area contributed by atoms with E-state index in [9.17, 15) is 4.79 Å². The fraction of sp³-hybridized carbons (Fsp3) is 0.524. The summed E-state index contributed by atoms with van der Waals surface area (Å²) in [5.74, 6) is 0.767. The molecule has 0 radical (unpaired) electrons. The normalized spacial score (nSPS) is 16.8. The van der Waals surface area contributed by atoms with Crippen LogP contribution in [0.25, 0.3) is 21.9 Å². The summed E-state index contributed by atoms with van der Waals surface area (Å²) in [4.78, 5) is 22.3. The molecule has 6 heteroatoms. The van der Waals surface area contributed by atoms with E-state index in [-0.39, 0.29) is 5.56 Å². The van der Waals surface area contributed by atoms with Crippen LogP contribution in [0.3, 0.4) is 0 Å². The molecule has 3 aromatic rings. The van der Waals surface area contributed by atoms with Crippen LogP contribution in [-0.4, -0.2) is 41.3 Å². The van der Waals surface area contributed by atoms with E-state index in [1.54, 1.807) is 22.9 Å². The van der Waals surface area contributed by atoms with E-state index in [4.69, 9.17) is 4.74 Å². The lowest BCUT2D eigenvalue weighted by Crippen LogP contribution is -3.13. The predicted octanol–water partition coefficient (Wildman–Crippen LogP) is 2.12. The molecule has 1 aliphatic rings. The lowest BCUT2D eigenvalue weighted by atomic mass is 9.94. The molecule has 2 N–H and O–H groups in total. The van der Waals surface area contributed by atoms with Gasteiger partial charge in [0.05, 0.1) is 33.1 Å². The number of aromatic amines is 1. The Morgan fingerprint density at radius 2 is 2.11 bits per heavy atom. The van der Waals surface area contributed by atoms with Crippen LogP contribution < -0.4 is 15.2 Å². The average molecular weight is 369 g/mol. The zero-order valence-electron chi connectivity index (χ0n) is 16.3. The smallest absolute Gasteiger partial charge is 0.277 e. The second-order valence-electron chi connectivity index (χ2n) is 7.79. The number of H-pyrrole nitrogens is 1. The molecule has 1 unspecified atom stereocenters. The summed E-state index contributed by atoms with van der Waals surface area (Å²) in [6, 6.07) is 6.54. The molecule has 0 amide bonds. The van der Waals surface area contributed by atoms with Gasteiger partial charge in [0.1, 0.15) is 16.8 Å². The first-order chi connectivity index (χ1) is 13.2. The molecule has 0 spiro atoms. The fourth-order valence-corrected chi connectivity index (χ4v) is 4.38. The molecule has 0 bridgehead atoms. The van der Waals surface area contributed by atoms with Gasteiger partial charge in [0.15, 0.2) is 0 Å². The van der Waals surface area contributed by atoms with E-state index in [0.717, 1.165) is 41.2 Å². The molecular weight excluding hydrogens is 340 g/mol. The van der Waals surface area contributed by atoms with Crippen LogP contribution in [0.4, 0.5) is 0 Å². The predicted molar refractivity (Wildman–Crippen MR) is 108 cm³/mol. The minimum Gasteiger partial charge on any atom is -0.497 e. The first-order valence-electron chi connectivity index (χ1n) is 10.0. The lowest BCUT2D eigenvalue weighted by molar-refractivity contribution is -0.907. The van der Waals surface area contributed by atoms with Gasteiger partial charge in [0.25, 0.3) is 5.56 Å². The number of hydrogen-bond donors (Lipinski definition) is 2. The van der Waals surface area contributed by atoms with Crippen LogP contribution in [0.2, 0.25) is 0 Å². The Balaban J connectivity index is 1.50. The highest BCUT2D eigenvalue weighted by atomic mass is 16.5. The van der Waals surface area contributed by atoms with Crippen molar-refractivity contribution in [1.29, 1.82) is 0 Å². The standard InChI is InChI=1S/C21H28N4O2/c1-24(15-7-4-3-5-8-15)11-6-12-25-14-22-19-17-13-16(27-2)9-10-18(17)23-20(19)21(25)26/h9-10,13-15,23H,3-8,11-12H2,1-2H3/p+1. The maximum Gasteiger partial charge on any atom is 0.277 e. The third-order valence-corrected chi connectivity index (χ3v) is 6.05. The number of nitrogens with one attached hydrogen (secondary N) is 2. The SMILES string of the molecule is COc1ccc2[nH]c3c(=O)n(CCC[NH+](C)C4CCCCC4)cnc3c2c1. The number of aryl methyl sites for hydroxylation is 1. The Bertz CT molecular complexity index is 985. The molecule has 1 atom stereocenters. The molecule has 27 heavy (non-hydrogen) atoms. The van der Waals surface area contributed by atoms with Gasteiger partial charge in [-0.1, -0.05) is 6.42 Å². The van der Waals surface area contributed by atoms with Crippen molar-refractivity contribution in [2.24, 2.45) is 0 Å². The number of hydrogen-bond acceptors (Lipinski definition) is 3. The number of benzene rings is 1. The van der Waals surface area contributed by atoms with E-state index in [0.29, 0.717) is 12.1 Å².